The van der Waals surface area contributed by atoms with Gasteiger partial charge in [-0.3, -0.25) is 0 Å². The van der Waals surface area contributed by atoms with Gasteiger partial charge in [-0.15, -0.1) is 0 Å². The van der Waals surface area contributed by atoms with Crippen molar-refractivity contribution in [2.75, 3.05) is 14.2 Å². The number of halogens is 1. The van der Waals surface area contributed by atoms with Crippen LogP contribution in [0.3, 0.4) is 0 Å². The van der Waals surface area contributed by atoms with Crippen LogP contribution >= 0.6 is 15.9 Å². The molecule has 2 rings (SSSR count). The maximum Gasteiger partial charge on any atom is 0.121 e. The largest absolute Gasteiger partial charge is 0.496 e. The van der Waals surface area contributed by atoms with Crippen molar-refractivity contribution in [3.05, 3.63) is 63.1 Å². The van der Waals surface area contributed by atoms with Gasteiger partial charge in [-0.2, -0.15) is 0 Å². The van der Waals surface area contributed by atoms with Gasteiger partial charge in [0.05, 0.1) is 13.2 Å². The molecule has 0 radical (unpaired) electrons. The van der Waals surface area contributed by atoms with Gasteiger partial charge < -0.3 is 10.1 Å². The Morgan fingerprint density at radius 1 is 1.05 bits per heavy atom. The number of hydrogen-bond donors (Lipinski definition) is 1. The molecule has 0 heterocycles. The monoisotopic (exact) mass is 333 g/mol. The van der Waals surface area contributed by atoms with Crippen LogP contribution in [0.2, 0.25) is 0 Å². The van der Waals surface area contributed by atoms with E-state index in [0.29, 0.717) is 0 Å². The molecule has 0 bridgehead atoms. The molecule has 2 aromatic rings. The zero-order chi connectivity index (χ0) is 14.7. The summed E-state index contributed by atoms with van der Waals surface area (Å²) in [5.74, 6) is 0.925. The third-order valence-electron chi connectivity index (χ3n) is 3.44. The first-order valence-electron chi connectivity index (χ1n) is 6.64. The minimum absolute atomic E-state index is 0.177. The Kier molecular flexibility index (Phi) is 4.84. The second-order valence-electron chi connectivity index (χ2n) is 5.01. The van der Waals surface area contributed by atoms with Crippen LogP contribution in [0.4, 0.5) is 0 Å². The molecule has 2 aromatic carbocycles. The molecule has 0 amide bonds. The van der Waals surface area contributed by atoms with Crippen molar-refractivity contribution in [3.63, 3.8) is 0 Å². The van der Waals surface area contributed by atoms with Crippen molar-refractivity contribution in [2.45, 2.75) is 19.9 Å². The summed E-state index contributed by atoms with van der Waals surface area (Å²) in [5, 5.41) is 3.39. The summed E-state index contributed by atoms with van der Waals surface area (Å²) in [5.41, 5.74) is 4.89. The lowest BCUT2D eigenvalue weighted by molar-refractivity contribution is 0.411. The lowest BCUT2D eigenvalue weighted by atomic mass is 9.96. The summed E-state index contributed by atoms with van der Waals surface area (Å²) in [4.78, 5) is 0. The zero-order valence-corrected chi connectivity index (χ0v) is 13.9. The van der Waals surface area contributed by atoms with Crippen molar-refractivity contribution < 1.29 is 4.74 Å². The van der Waals surface area contributed by atoms with E-state index >= 15 is 0 Å². The highest BCUT2D eigenvalue weighted by Gasteiger charge is 2.14. The summed E-state index contributed by atoms with van der Waals surface area (Å²) in [6.07, 6.45) is 0. The van der Waals surface area contributed by atoms with Gasteiger partial charge in [-0.1, -0.05) is 34.1 Å². The number of aryl methyl sites for hydroxylation is 2. The van der Waals surface area contributed by atoms with Crippen LogP contribution in [-0.2, 0) is 0 Å². The van der Waals surface area contributed by atoms with Gasteiger partial charge in [0, 0.05) is 4.47 Å². The Labute approximate surface area is 129 Å². The molecule has 106 valence electrons. The van der Waals surface area contributed by atoms with Crippen LogP contribution in [-0.4, -0.2) is 14.2 Å². The Morgan fingerprint density at radius 2 is 1.80 bits per heavy atom. The molecule has 0 fully saturated rings. The van der Waals surface area contributed by atoms with Gasteiger partial charge in [-0.05, 0) is 61.3 Å². The molecule has 1 N–H and O–H groups in total. The SMILES string of the molecule is CNC(c1cc(C)cc(Br)c1)c1ccc(OC)c(C)c1. The van der Waals surface area contributed by atoms with E-state index in [1.807, 2.05) is 13.1 Å². The average molecular weight is 334 g/mol. The second-order valence-corrected chi connectivity index (χ2v) is 5.93. The molecule has 0 spiro atoms. The molecule has 1 unspecified atom stereocenters. The lowest BCUT2D eigenvalue weighted by Gasteiger charge is -2.19. The Balaban J connectivity index is 2.44. The molecule has 3 heteroatoms. The summed E-state index contributed by atoms with van der Waals surface area (Å²) < 4.78 is 6.44. The van der Waals surface area contributed by atoms with Crippen LogP contribution in [0.25, 0.3) is 0 Å². The van der Waals surface area contributed by atoms with E-state index in [-0.39, 0.29) is 6.04 Å². The fourth-order valence-corrected chi connectivity index (χ4v) is 3.16. The summed E-state index contributed by atoms with van der Waals surface area (Å²) in [6.45, 7) is 4.18. The van der Waals surface area contributed by atoms with E-state index in [4.69, 9.17) is 4.74 Å². The van der Waals surface area contributed by atoms with Gasteiger partial charge in [-0.25, -0.2) is 0 Å². The van der Waals surface area contributed by atoms with E-state index in [2.05, 4.69) is 65.4 Å². The predicted octanol–water partition coefficient (Wildman–Crippen LogP) is 4.38. The Hall–Kier alpha value is -1.32. The van der Waals surface area contributed by atoms with Crippen molar-refractivity contribution in [1.82, 2.24) is 5.32 Å². The van der Waals surface area contributed by atoms with E-state index in [1.54, 1.807) is 7.11 Å². The zero-order valence-electron chi connectivity index (χ0n) is 12.3. The summed E-state index contributed by atoms with van der Waals surface area (Å²) in [6, 6.07) is 13.0. The first-order valence-corrected chi connectivity index (χ1v) is 7.43. The molecule has 0 aliphatic heterocycles. The maximum atomic E-state index is 5.33. The normalized spacial score (nSPS) is 12.2. The number of hydrogen-bond acceptors (Lipinski definition) is 2. The minimum atomic E-state index is 0.177. The Bertz CT molecular complexity index is 590. The first kappa shape index (κ1) is 15.1. The van der Waals surface area contributed by atoms with Crippen molar-refractivity contribution >= 4 is 15.9 Å². The van der Waals surface area contributed by atoms with Crippen LogP contribution in [0.1, 0.15) is 28.3 Å². The van der Waals surface area contributed by atoms with E-state index in [1.165, 1.54) is 16.7 Å². The quantitative estimate of drug-likeness (QED) is 0.896. The second kappa shape index (κ2) is 6.42. The van der Waals surface area contributed by atoms with Gasteiger partial charge >= 0.3 is 0 Å². The first-order chi connectivity index (χ1) is 9.55. The molecule has 2 nitrogen and oxygen atoms in total. The lowest BCUT2D eigenvalue weighted by Crippen LogP contribution is -2.18. The molecule has 1 atom stereocenters. The van der Waals surface area contributed by atoms with Gasteiger partial charge in [0.25, 0.3) is 0 Å². The molecule has 0 saturated heterocycles. The standard InChI is InChI=1S/C17H20BrNO/c1-11-7-14(10-15(18)8-11)17(19-3)13-5-6-16(20-4)12(2)9-13/h5-10,17,19H,1-4H3. The minimum Gasteiger partial charge on any atom is -0.496 e. The fourth-order valence-electron chi connectivity index (χ4n) is 2.54. The van der Waals surface area contributed by atoms with Crippen molar-refractivity contribution in [3.8, 4) is 5.75 Å². The molecular formula is C17H20BrNO. The fraction of sp³-hybridized carbons (Fsp3) is 0.294. The predicted molar refractivity (Wildman–Crippen MR) is 87.5 cm³/mol. The molecule has 0 aromatic heterocycles. The molecule has 0 saturated carbocycles. The average Bonchev–Trinajstić information content (AvgIpc) is 2.38. The third kappa shape index (κ3) is 3.22. The van der Waals surface area contributed by atoms with Crippen LogP contribution < -0.4 is 10.1 Å². The van der Waals surface area contributed by atoms with Crippen LogP contribution in [0.15, 0.2) is 40.9 Å². The molecule has 0 aliphatic carbocycles. The van der Waals surface area contributed by atoms with Gasteiger partial charge in [0.15, 0.2) is 0 Å². The Morgan fingerprint density at radius 3 is 2.35 bits per heavy atom. The maximum absolute atomic E-state index is 5.33. The van der Waals surface area contributed by atoms with E-state index in [0.717, 1.165) is 15.8 Å². The van der Waals surface area contributed by atoms with Crippen molar-refractivity contribution in [1.29, 1.82) is 0 Å². The van der Waals surface area contributed by atoms with Crippen LogP contribution in [0.5, 0.6) is 5.75 Å². The highest BCUT2D eigenvalue weighted by Crippen LogP contribution is 2.28. The topological polar surface area (TPSA) is 21.3 Å². The molecule has 0 aliphatic rings. The number of ether oxygens (including phenoxy) is 1. The molecule has 20 heavy (non-hydrogen) atoms. The molecular weight excluding hydrogens is 314 g/mol. The van der Waals surface area contributed by atoms with Crippen molar-refractivity contribution in [2.24, 2.45) is 0 Å². The number of rotatable bonds is 4. The highest BCUT2D eigenvalue weighted by atomic mass is 79.9. The third-order valence-corrected chi connectivity index (χ3v) is 3.90. The van der Waals surface area contributed by atoms with Gasteiger partial charge in [0.2, 0.25) is 0 Å². The van der Waals surface area contributed by atoms with Gasteiger partial charge in [0.1, 0.15) is 5.75 Å². The van der Waals surface area contributed by atoms with E-state index in [9.17, 15) is 0 Å². The highest BCUT2D eigenvalue weighted by molar-refractivity contribution is 9.10. The number of methoxy groups -OCH3 is 1. The van der Waals surface area contributed by atoms with E-state index < -0.39 is 0 Å². The number of nitrogens with one attached hydrogen (secondary N) is 1. The number of benzene rings is 2. The summed E-state index contributed by atoms with van der Waals surface area (Å²) >= 11 is 3.57. The summed E-state index contributed by atoms with van der Waals surface area (Å²) in [7, 11) is 3.69. The smallest absolute Gasteiger partial charge is 0.121 e. The van der Waals surface area contributed by atoms with Crippen LogP contribution in [0, 0.1) is 13.8 Å².